The lowest BCUT2D eigenvalue weighted by atomic mass is 9.97. The Kier molecular flexibility index (Phi) is 8.34. The van der Waals surface area contributed by atoms with Crippen molar-refractivity contribution in [2.75, 3.05) is 30.9 Å². The van der Waals surface area contributed by atoms with E-state index >= 15 is 0 Å². The Labute approximate surface area is 216 Å². The number of anilines is 2. The predicted molar refractivity (Wildman–Crippen MR) is 141 cm³/mol. The zero-order valence-corrected chi connectivity index (χ0v) is 22.3. The topological polar surface area (TPSA) is 146 Å². The Morgan fingerprint density at radius 3 is 2.42 bits per heavy atom. The summed E-state index contributed by atoms with van der Waals surface area (Å²) in [5.41, 5.74) is 2.68. The number of halogens is 1. The minimum atomic E-state index is -1.05. The average molecular weight is 522 g/mol. The van der Waals surface area contributed by atoms with Crippen LogP contribution in [0.3, 0.4) is 0 Å². The van der Waals surface area contributed by atoms with Crippen molar-refractivity contribution in [1.29, 1.82) is 0 Å². The van der Waals surface area contributed by atoms with Crippen LogP contribution in [0.25, 0.3) is 22.3 Å². The van der Waals surface area contributed by atoms with Crippen molar-refractivity contribution in [2.45, 2.75) is 59.3 Å². The summed E-state index contributed by atoms with van der Waals surface area (Å²) in [6, 6.07) is 3.20. The number of aryl methyl sites for hydroxylation is 2. The monoisotopic (exact) mass is 521 g/mol. The number of nitrogens with one attached hydrogen (secondary N) is 2. The molecule has 0 unspecified atom stereocenters. The van der Waals surface area contributed by atoms with Gasteiger partial charge in [0.1, 0.15) is 17.7 Å². The van der Waals surface area contributed by atoms with Crippen LogP contribution in [0.5, 0.6) is 5.88 Å². The van der Waals surface area contributed by atoms with Crippen LogP contribution in [0.15, 0.2) is 16.5 Å². The lowest BCUT2D eigenvalue weighted by Crippen LogP contribution is -2.35. The maximum atomic E-state index is 10.6. The molecule has 1 saturated carbocycles. The average Bonchev–Trinajstić information content (AvgIpc) is 3.33. The molecule has 3 aromatic rings. The van der Waals surface area contributed by atoms with Crippen LogP contribution in [0.1, 0.15) is 38.6 Å². The third-order valence-corrected chi connectivity index (χ3v) is 6.33. The molecule has 0 spiro atoms. The van der Waals surface area contributed by atoms with Gasteiger partial charge in [-0.3, -0.25) is 0 Å². The number of aliphatic hydroxyl groups excluding tert-OH is 3. The van der Waals surface area contributed by atoms with Crippen LogP contribution < -0.4 is 15.4 Å². The first kappa shape index (κ1) is 27.9. The number of aromatic nitrogens is 3. The molecule has 36 heavy (non-hydrogen) atoms. The van der Waals surface area contributed by atoms with Crippen molar-refractivity contribution in [1.82, 2.24) is 15.0 Å². The lowest BCUT2D eigenvalue weighted by molar-refractivity contribution is 0.00446. The van der Waals surface area contributed by atoms with E-state index in [-0.39, 0.29) is 24.4 Å². The molecule has 4 atom stereocenters. The minimum absolute atomic E-state index is 0. The number of nitrogens with zero attached hydrogens (tertiary/aromatic N) is 3. The summed E-state index contributed by atoms with van der Waals surface area (Å²) in [5.74, 6) is 1.55. The molecule has 0 radical (unpaired) electrons. The number of pyridine rings is 1. The summed E-state index contributed by atoms with van der Waals surface area (Å²) in [5, 5.41) is 37.9. The van der Waals surface area contributed by atoms with E-state index in [1.807, 2.05) is 19.9 Å². The van der Waals surface area contributed by atoms with Gasteiger partial charge in [-0.2, -0.15) is 4.98 Å². The van der Waals surface area contributed by atoms with E-state index in [9.17, 15) is 15.3 Å². The highest BCUT2D eigenvalue weighted by atomic mass is 35.5. The highest BCUT2D eigenvalue weighted by Crippen LogP contribution is 2.38. The van der Waals surface area contributed by atoms with E-state index in [2.05, 4.69) is 41.4 Å². The van der Waals surface area contributed by atoms with Crippen molar-refractivity contribution in [3.8, 4) is 17.2 Å². The van der Waals surface area contributed by atoms with Gasteiger partial charge in [0.15, 0.2) is 5.58 Å². The van der Waals surface area contributed by atoms with Crippen LogP contribution >= 0.6 is 12.4 Å². The second-order valence-electron chi connectivity index (χ2n) is 10.5. The number of furan rings is 1. The third-order valence-electron chi connectivity index (χ3n) is 6.33. The smallest absolute Gasteiger partial charge is 0.224 e. The summed E-state index contributed by atoms with van der Waals surface area (Å²) in [6.07, 6.45) is -1.67. The van der Waals surface area contributed by atoms with Crippen LogP contribution in [0.2, 0.25) is 0 Å². The van der Waals surface area contributed by atoms with Gasteiger partial charge in [0.25, 0.3) is 0 Å². The van der Waals surface area contributed by atoms with Crippen LogP contribution in [0.4, 0.5) is 11.8 Å². The highest BCUT2D eigenvalue weighted by Gasteiger charge is 2.41. The zero-order valence-electron chi connectivity index (χ0n) is 21.5. The first-order chi connectivity index (χ1) is 16.5. The Morgan fingerprint density at radius 2 is 1.81 bits per heavy atom. The quantitative estimate of drug-likeness (QED) is 0.314. The van der Waals surface area contributed by atoms with Gasteiger partial charge in [0.2, 0.25) is 11.8 Å². The molecule has 0 saturated heterocycles. The van der Waals surface area contributed by atoms with Crippen molar-refractivity contribution < 1.29 is 24.5 Å². The first-order valence-electron chi connectivity index (χ1n) is 11.8. The molecule has 1 fully saturated rings. The standard InChI is InChI=1S/C25H35N5O5.ClH/c1-12-19(17-8-14-9-18(34-6)27-13(2)22(14)35-17)23(30-24(28-12)26-11-25(3,4)5)29-16-7-15(10-31)20(32)21(16)33;/h8-9,15-16,20-21,31-33H,7,10-11H2,1-6H3,(H2,26,28,29,30);1H/t15-,16-,20-,21+;/m1./s1. The molecule has 0 aromatic carbocycles. The van der Waals surface area contributed by atoms with E-state index in [0.717, 1.165) is 5.39 Å². The molecule has 0 bridgehead atoms. The predicted octanol–water partition coefficient (Wildman–Crippen LogP) is 3.30. The number of hydrogen-bond acceptors (Lipinski definition) is 10. The van der Waals surface area contributed by atoms with E-state index in [1.54, 1.807) is 13.2 Å². The minimum Gasteiger partial charge on any atom is -0.481 e. The molecule has 1 aliphatic rings. The summed E-state index contributed by atoms with van der Waals surface area (Å²) in [6.45, 7) is 10.5. The van der Waals surface area contributed by atoms with Gasteiger partial charge < -0.3 is 35.1 Å². The molecule has 3 aromatic heterocycles. The van der Waals surface area contributed by atoms with E-state index in [1.165, 1.54) is 0 Å². The molecule has 0 amide bonds. The van der Waals surface area contributed by atoms with E-state index in [0.29, 0.717) is 58.9 Å². The summed E-state index contributed by atoms with van der Waals surface area (Å²) >= 11 is 0. The van der Waals surface area contributed by atoms with Crippen LogP contribution in [-0.4, -0.2) is 68.8 Å². The molecular weight excluding hydrogens is 486 g/mol. The zero-order chi connectivity index (χ0) is 25.5. The number of methoxy groups -OCH3 is 1. The molecule has 5 N–H and O–H groups in total. The maximum absolute atomic E-state index is 10.6. The van der Waals surface area contributed by atoms with Gasteiger partial charge in [0, 0.05) is 30.5 Å². The number of aliphatic hydroxyl groups is 3. The Bertz CT molecular complexity index is 1210. The summed E-state index contributed by atoms with van der Waals surface area (Å²) in [4.78, 5) is 13.8. The fraction of sp³-hybridized carbons (Fsp3) is 0.560. The molecule has 11 heteroatoms. The summed E-state index contributed by atoms with van der Waals surface area (Å²) in [7, 11) is 1.57. The van der Waals surface area contributed by atoms with Crippen molar-refractivity contribution in [2.24, 2.45) is 11.3 Å². The van der Waals surface area contributed by atoms with Gasteiger partial charge in [-0.15, -0.1) is 12.4 Å². The van der Waals surface area contributed by atoms with Crippen molar-refractivity contribution in [3.63, 3.8) is 0 Å². The molecule has 198 valence electrons. The molecule has 4 rings (SSSR count). The van der Waals surface area contributed by atoms with Crippen LogP contribution in [0, 0.1) is 25.2 Å². The van der Waals surface area contributed by atoms with Crippen LogP contribution in [-0.2, 0) is 0 Å². The third kappa shape index (κ3) is 5.67. The first-order valence-corrected chi connectivity index (χ1v) is 11.8. The van der Waals surface area contributed by atoms with Crippen molar-refractivity contribution in [3.05, 3.63) is 23.5 Å². The molecule has 0 aliphatic heterocycles. The second-order valence-corrected chi connectivity index (χ2v) is 10.5. The SMILES string of the molecule is COc1cc2cc(-c3c(C)nc(NCC(C)(C)C)nc3N[C@@H]3C[C@H](CO)[C@@H](O)[C@H]3O)oc2c(C)n1.Cl. The number of rotatable bonds is 7. The fourth-order valence-electron chi connectivity index (χ4n) is 4.42. The fourth-order valence-corrected chi connectivity index (χ4v) is 4.42. The second kappa shape index (κ2) is 10.8. The van der Waals surface area contributed by atoms with E-state index < -0.39 is 24.2 Å². The van der Waals surface area contributed by atoms with E-state index in [4.69, 9.17) is 14.1 Å². The molecule has 1 aliphatic carbocycles. The Balaban J connectivity index is 0.00000361. The Hall–Kier alpha value is -2.66. The normalized spacial score (nSPS) is 21.9. The lowest BCUT2D eigenvalue weighted by Gasteiger charge is -2.22. The molecule has 10 nitrogen and oxygen atoms in total. The maximum Gasteiger partial charge on any atom is 0.224 e. The largest absolute Gasteiger partial charge is 0.481 e. The molecular formula is C25H36ClN5O5. The van der Waals surface area contributed by atoms with Gasteiger partial charge >= 0.3 is 0 Å². The Morgan fingerprint density at radius 1 is 1.08 bits per heavy atom. The number of fused-ring (bicyclic) bond motifs is 1. The van der Waals surface area contributed by atoms with Crippen molar-refractivity contribution >= 4 is 35.1 Å². The number of ether oxygens (including phenoxy) is 1. The van der Waals surface area contributed by atoms with Gasteiger partial charge in [-0.05, 0) is 31.7 Å². The van der Waals surface area contributed by atoms with Gasteiger partial charge in [-0.1, -0.05) is 20.8 Å². The van der Waals surface area contributed by atoms with Gasteiger partial charge in [-0.25, -0.2) is 9.97 Å². The summed E-state index contributed by atoms with van der Waals surface area (Å²) < 4.78 is 11.5. The van der Waals surface area contributed by atoms with Gasteiger partial charge in [0.05, 0.1) is 36.2 Å². The molecule has 3 heterocycles. The number of hydrogen-bond donors (Lipinski definition) is 5. The highest BCUT2D eigenvalue weighted by molar-refractivity contribution is 5.88.